The largest absolute Gasteiger partial charge is 0.316 e. The Labute approximate surface area is 108 Å². The molecule has 4 heteroatoms. The van der Waals surface area contributed by atoms with Gasteiger partial charge in [0.25, 0.3) is 0 Å². The topological polar surface area (TPSA) is 37.8 Å². The number of aromatic nitrogens is 2. The first kappa shape index (κ1) is 12.8. The molecule has 0 spiro atoms. The summed E-state index contributed by atoms with van der Waals surface area (Å²) < 4.78 is 0. The lowest BCUT2D eigenvalue weighted by atomic mass is 10.0. The molecule has 0 saturated carbocycles. The molecular formula is C13H21N3S. The normalized spacial score (nSPS) is 20.5. The van der Waals surface area contributed by atoms with Gasteiger partial charge in [0.05, 0.1) is 0 Å². The van der Waals surface area contributed by atoms with E-state index < -0.39 is 0 Å². The van der Waals surface area contributed by atoms with Gasteiger partial charge in [-0.2, -0.15) is 0 Å². The Morgan fingerprint density at radius 1 is 1.24 bits per heavy atom. The van der Waals surface area contributed by atoms with Gasteiger partial charge in [0.15, 0.2) is 5.16 Å². The molecule has 94 valence electrons. The van der Waals surface area contributed by atoms with Crippen LogP contribution in [0.15, 0.2) is 5.16 Å². The molecule has 0 amide bonds. The summed E-state index contributed by atoms with van der Waals surface area (Å²) in [6.07, 6.45) is 2.64. The fourth-order valence-corrected chi connectivity index (χ4v) is 3.14. The summed E-state index contributed by atoms with van der Waals surface area (Å²) in [6, 6.07) is 0. The average Bonchev–Trinajstić information content (AvgIpc) is 2.34. The zero-order valence-electron chi connectivity index (χ0n) is 10.9. The standard InChI is InChI=1S/C13H21N3S/c1-9-10(2)15-13(16-11(9)3)17-8-12-5-4-6-14-7-12/h12,14H,4-8H2,1-3H3. The van der Waals surface area contributed by atoms with Crippen LogP contribution in [0.5, 0.6) is 0 Å². The number of aryl methyl sites for hydroxylation is 2. The van der Waals surface area contributed by atoms with E-state index in [4.69, 9.17) is 0 Å². The highest BCUT2D eigenvalue weighted by Crippen LogP contribution is 2.22. The minimum Gasteiger partial charge on any atom is -0.316 e. The zero-order valence-corrected chi connectivity index (χ0v) is 11.7. The van der Waals surface area contributed by atoms with E-state index in [-0.39, 0.29) is 0 Å². The van der Waals surface area contributed by atoms with Crippen LogP contribution in [-0.2, 0) is 0 Å². The predicted octanol–water partition coefficient (Wildman–Crippen LogP) is 2.49. The number of thioether (sulfide) groups is 1. The van der Waals surface area contributed by atoms with E-state index in [2.05, 4.69) is 36.1 Å². The third-order valence-corrected chi connectivity index (χ3v) is 4.54. The second-order valence-electron chi connectivity index (χ2n) is 4.83. The second kappa shape index (κ2) is 5.83. The second-order valence-corrected chi connectivity index (χ2v) is 5.81. The van der Waals surface area contributed by atoms with E-state index in [1.54, 1.807) is 11.8 Å². The Bertz CT molecular complexity index is 363. The monoisotopic (exact) mass is 251 g/mol. The summed E-state index contributed by atoms with van der Waals surface area (Å²) in [4.78, 5) is 9.10. The third-order valence-electron chi connectivity index (χ3n) is 3.46. The van der Waals surface area contributed by atoms with Crippen LogP contribution in [0.1, 0.15) is 29.8 Å². The molecule has 1 atom stereocenters. The van der Waals surface area contributed by atoms with Gasteiger partial charge in [0.2, 0.25) is 0 Å². The molecule has 0 radical (unpaired) electrons. The summed E-state index contributed by atoms with van der Waals surface area (Å²) in [6.45, 7) is 8.55. The Kier molecular flexibility index (Phi) is 4.40. The van der Waals surface area contributed by atoms with Crippen LogP contribution in [0.3, 0.4) is 0 Å². The first-order chi connectivity index (χ1) is 8.16. The molecule has 1 aliphatic heterocycles. The summed E-state index contributed by atoms with van der Waals surface area (Å²) >= 11 is 1.80. The smallest absolute Gasteiger partial charge is 0.188 e. The zero-order chi connectivity index (χ0) is 12.3. The van der Waals surface area contributed by atoms with Gasteiger partial charge in [-0.25, -0.2) is 9.97 Å². The minimum absolute atomic E-state index is 0.777. The van der Waals surface area contributed by atoms with Crippen molar-refractivity contribution >= 4 is 11.8 Å². The van der Waals surface area contributed by atoms with Crippen molar-refractivity contribution in [3.05, 3.63) is 17.0 Å². The van der Waals surface area contributed by atoms with Crippen LogP contribution in [0.25, 0.3) is 0 Å². The number of nitrogens with zero attached hydrogens (tertiary/aromatic N) is 2. The molecule has 2 rings (SSSR count). The Hall–Kier alpha value is -0.610. The van der Waals surface area contributed by atoms with Gasteiger partial charge in [-0.05, 0) is 58.2 Å². The highest BCUT2D eigenvalue weighted by atomic mass is 32.2. The van der Waals surface area contributed by atoms with Gasteiger partial charge >= 0.3 is 0 Å². The molecule has 17 heavy (non-hydrogen) atoms. The van der Waals surface area contributed by atoms with E-state index in [9.17, 15) is 0 Å². The summed E-state index contributed by atoms with van der Waals surface area (Å²) in [5, 5.41) is 4.39. The van der Waals surface area contributed by atoms with E-state index >= 15 is 0 Å². The van der Waals surface area contributed by atoms with Crippen molar-refractivity contribution in [1.29, 1.82) is 0 Å². The molecule has 0 bridgehead atoms. The Balaban J connectivity index is 1.94. The van der Waals surface area contributed by atoms with Gasteiger partial charge in [-0.15, -0.1) is 0 Å². The first-order valence-corrected chi connectivity index (χ1v) is 7.30. The highest BCUT2D eigenvalue weighted by Gasteiger charge is 2.14. The van der Waals surface area contributed by atoms with Gasteiger partial charge in [-0.1, -0.05) is 11.8 Å². The Morgan fingerprint density at radius 2 is 1.94 bits per heavy atom. The van der Waals surface area contributed by atoms with Crippen molar-refractivity contribution in [3.8, 4) is 0 Å². The first-order valence-electron chi connectivity index (χ1n) is 6.32. The summed E-state index contributed by atoms with van der Waals surface area (Å²) in [5.74, 6) is 1.91. The molecule has 3 nitrogen and oxygen atoms in total. The maximum absolute atomic E-state index is 4.55. The van der Waals surface area contributed by atoms with Crippen LogP contribution in [0.4, 0.5) is 0 Å². The lowest BCUT2D eigenvalue weighted by Crippen LogP contribution is -2.30. The van der Waals surface area contributed by atoms with Crippen LogP contribution in [-0.4, -0.2) is 28.8 Å². The van der Waals surface area contributed by atoms with Crippen LogP contribution < -0.4 is 5.32 Å². The van der Waals surface area contributed by atoms with Crippen molar-refractivity contribution in [1.82, 2.24) is 15.3 Å². The van der Waals surface area contributed by atoms with Crippen molar-refractivity contribution < 1.29 is 0 Å². The van der Waals surface area contributed by atoms with Crippen molar-refractivity contribution in [2.75, 3.05) is 18.8 Å². The summed E-state index contributed by atoms with van der Waals surface area (Å²) in [7, 11) is 0. The number of piperidine rings is 1. The molecule has 1 unspecified atom stereocenters. The fraction of sp³-hybridized carbons (Fsp3) is 0.692. The van der Waals surface area contributed by atoms with E-state index in [0.717, 1.165) is 34.8 Å². The van der Waals surface area contributed by atoms with Crippen LogP contribution in [0, 0.1) is 26.7 Å². The van der Waals surface area contributed by atoms with Gasteiger partial charge < -0.3 is 5.32 Å². The average molecular weight is 251 g/mol. The number of hydrogen-bond acceptors (Lipinski definition) is 4. The number of hydrogen-bond donors (Lipinski definition) is 1. The molecule has 1 aromatic heterocycles. The lowest BCUT2D eigenvalue weighted by Gasteiger charge is -2.21. The van der Waals surface area contributed by atoms with E-state index in [0.29, 0.717) is 0 Å². The molecule has 1 aliphatic rings. The van der Waals surface area contributed by atoms with Gasteiger partial charge in [0, 0.05) is 17.1 Å². The molecule has 1 aromatic rings. The van der Waals surface area contributed by atoms with Gasteiger partial charge in [-0.3, -0.25) is 0 Å². The molecule has 0 aliphatic carbocycles. The minimum atomic E-state index is 0.777. The van der Waals surface area contributed by atoms with Crippen LogP contribution in [0.2, 0.25) is 0 Å². The SMILES string of the molecule is Cc1nc(SCC2CCCNC2)nc(C)c1C. The molecule has 1 N–H and O–H groups in total. The third kappa shape index (κ3) is 3.42. The summed E-state index contributed by atoms with van der Waals surface area (Å²) in [5.41, 5.74) is 3.44. The molecule has 0 aromatic carbocycles. The quantitative estimate of drug-likeness (QED) is 0.661. The maximum atomic E-state index is 4.55. The molecule has 2 heterocycles. The van der Waals surface area contributed by atoms with Crippen LogP contribution >= 0.6 is 11.8 Å². The van der Waals surface area contributed by atoms with E-state index in [1.807, 2.05) is 0 Å². The molecular weight excluding hydrogens is 230 g/mol. The fourth-order valence-electron chi connectivity index (χ4n) is 2.06. The highest BCUT2D eigenvalue weighted by molar-refractivity contribution is 7.99. The van der Waals surface area contributed by atoms with Crippen molar-refractivity contribution in [2.24, 2.45) is 5.92 Å². The molecule has 1 fully saturated rings. The predicted molar refractivity (Wildman–Crippen MR) is 72.6 cm³/mol. The number of rotatable bonds is 3. The maximum Gasteiger partial charge on any atom is 0.188 e. The van der Waals surface area contributed by atoms with E-state index in [1.165, 1.54) is 24.9 Å². The molecule has 1 saturated heterocycles. The lowest BCUT2D eigenvalue weighted by molar-refractivity contribution is 0.410. The van der Waals surface area contributed by atoms with Crippen molar-refractivity contribution in [2.45, 2.75) is 38.8 Å². The Morgan fingerprint density at radius 3 is 2.53 bits per heavy atom. The number of nitrogens with one attached hydrogen (secondary N) is 1. The van der Waals surface area contributed by atoms with Gasteiger partial charge in [0.1, 0.15) is 0 Å². The van der Waals surface area contributed by atoms with Crippen molar-refractivity contribution in [3.63, 3.8) is 0 Å².